The van der Waals surface area contributed by atoms with Crippen molar-refractivity contribution < 1.29 is 18.7 Å². The summed E-state index contributed by atoms with van der Waals surface area (Å²) in [5.41, 5.74) is 2.93. The highest BCUT2D eigenvalue weighted by Crippen LogP contribution is 2.26. The van der Waals surface area contributed by atoms with E-state index >= 15 is 0 Å². The van der Waals surface area contributed by atoms with Crippen molar-refractivity contribution in [1.82, 2.24) is 9.88 Å². The maximum Gasteiger partial charge on any atom is 0.420 e. The molecular formula is C23H20N2O5S. The Morgan fingerprint density at radius 3 is 2.61 bits per heavy atom. The van der Waals surface area contributed by atoms with Gasteiger partial charge in [0.15, 0.2) is 12.2 Å². The number of nitrogens with one attached hydrogen (secondary N) is 1. The molecule has 1 unspecified atom stereocenters. The highest BCUT2D eigenvalue weighted by molar-refractivity contribution is 7.10. The molecule has 4 aromatic rings. The number of fused-ring (bicyclic) bond motifs is 1. The number of hydrogen-bond acceptors (Lipinski definition) is 6. The van der Waals surface area contributed by atoms with Crippen LogP contribution in [-0.2, 0) is 20.9 Å². The van der Waals surface area contributed by atoms with Gasteiger partial charge in [0.25, 0.3) is 5.91 Å². The number of esters is 1. The maximum atomic E-state index is 12.5. The fourth-order valence-corrected chi connectivity index (χ4v) is 4.02. The summed E-state index contributed by atoms with van der Waals surface area (Å²) < 4.78 is 11.4. The number of rotatable bonds is 7. The molecule has 0 saturated heterocycles. The van der Waals surface area contributed by atoms with Crippen molar-refractivity contribution in [1.29, 1.82) is 0 Å². The van der Waals surface area contributed by atoms with Gasteiger partial charge in [-0.25, -0.2) is 4.79 Å². The van der Waals surface area contributed by atoms with Gasteiger partial charge in [-0.2, -0.15) is 0 Å². The third-order valence-corrected chi connectivity index (χ3v) is 5.71. The molecule has 0 aliphatic carbocycles. The number of aryl methyl sites for hydroxylation is 1. The Bertz CT molecular complexity index is 1260. The Hall–Kier alpha value is -3.65. The lowest BCUT2D eigenvalue weighted by Gasteiger charge is -2.18. The number of carbonyl (C=O) groups is 2. The highest BCUT2D eigenvalue weighted by Gasteiger charge is 2.19. The summed E-state index contributed by atoms with van der Waals surface area (Å²) in [6, 6.07) is 18.2. The summed E-state index contributed by atoms with van der Waals surface area (Å²) in [5, 5.41) is 4.86. The van der Waals surface area contributed by atoms with E-state index < -0.39 is 24.2 Å². The molecule has 0 aliphatic heterocycles. The fourth-order valence-electron chi connectivity index (χ4n) is 3.22. The summed E-state index contributed by atoms with van der Waals surface area (Å²) >= 11 is 1.53. The normalized spacial score (nSPS) is 11.9. The van der Waals surface area contributed by atoms with Gasteiger partial charge < -0.3 is 14.5 Å². The molecule has 0 bridgehead atoms. The van der Waals surface area contributed by atoms with Crippen molar-refractivity contribution in [3.8, 4) is 0 Å². The molecule has 0 spiro atoms. The van der Waals surface area contributed by atoms with E-state index in [-0.39, 0.29) is 12.6 Å². The molecule has 4 rings (SSSR count). The number of ether oxygens (including phenoxy) is 1. The summed E-state index contributed by atoms with van der Waals surface area (Å²) in [6.45, 7) is 1.21. The SMILES string of the molecule is Cc1ccc(C(NC(=O)COC(=O)Cn2c(=O)oc3ccccc32)c2cccs2)cc1. The van der Waals surface area contributed by atoms with Crippen LogP contribution in [-0.4, -0.2) is 23.1 Å². The summed E-state index contributed by atoms with van der Waals surface area (Å²) in [5.74, 6) is -1.79. The number of aromatic nitrogens is 1. The summed E-state index contributed by atoms with van der Waals surface area (Å²) in [6.07, 6.45) is 0. The van der Waals surface area contributed by atoms with E-state index in [9.17, 15) is 14.4 Å². The second kappa shape index (κ2) is 9.01. The van der Waals surface area contributed by atoms with Crippen LogP contribution in [0.15, 0.2) is 75.3 Å². The molecule has 0 saturated carbocycles. The molecule has 0 radical (unpaired) electrons. The minimum absolute atomic E-state index is 0.338. The van der Waals surface area contributed by atoms with Crippen LogP contribution >= 0.6 is 11.3 Å². The summed E-state index contributed by atoms with van der Waals surface area (Å²) in [4.78, 5) is 37.7. The van der Waals surface area contributed by atoms with Gasteiger partial charge in [-0.1, -0.05) is 48.0 Å². The number of oxazole rings is 1. The minimum Gasteiger partial charge on any atom is -0.454 e. The molecule has 0 aliphatic rings. The lowest BCUT2D eigenvalue weighted by Crippen LogP contribution is -2.33. The Labute approximate surface area is 181 Å². The van der Waals surface area contributed by atoms with Crippen molar-refractivity contribution in [2.45, 2.75) is 19.5 Å². The molecule has 0 fully saturated rings. The van der Waals surface area contributed by atoms with E-state index in [1.807, 2.05) is 48.7 Å². The van der Waals surface area contributed by atoms with Crippen LogP contribution in [0.1, 0.15) is 22.0 Å². The maximum absolute atomic E-state index is 12.5. The standard InChI is InChI=1S/C23H20N2O5S/c1-15-8-10-16(11-9-15)22(19-7-4-12-31-19)24-20(26)14-29-21(27)13-25-17-5-2-3-6-18(17)30-23(25)28/h2-12,22H,13-14H2,1H3,(H,24,26). The third kappa shape index (κ3) is 4.75. The van der Waals surface area contributed by atoms with E-state index in [0.29, 0.717) is 11.1 Å². The average molecular weight is 436 g/mol. The van der Waals surface area contributed by atoms with Crippen LogP contribution in [0.2, 0.25) is 0 Å². The molecule has 31 heavy (non-hydrogen) atoms. The van der Waals surface area contributed by atoms with Gasteiger partial charge in [-0.15, -0.1) is 11.3 Å². The number of hydrogen-bond donors (Lipinski definition) is 1. The van der Waals surface area contributed by atoms with Crippen LogP contribution in [0.25, 0.3) is 11.1 Å². The molecule has 1 N–H and O–H groups in total. The lowest BCUT2D eigenvalue weighted by molar-refractivity contribution is -0.149. The first-order chi connectivity index (χ1) is 15.0. The van der Waals surface area contributed by atoms with Crippen molar-refractivity contribution in [3.05, 3.63) is 92.6 Å². The predicted molar refractivity (Wildman–Crippen MR) is 117 cm³/mol. The Morgan fingerprint density at radius 1 is 1.10 bits per heavy atom. The molecule has 158 valence electrons. The molecule has 2 heterocycles. The minimum atomic E-state index is -0.702. The Kier molecular flexibility index (Phi) is 5.99. The van der Waals surface area contributed by atoms with Crippen molar-refractivity contribution in [3.63, 3.8) is 0 Å². The lowest BCUT2D eigenvalue weighted by atomic mass is 10.0. The molecule has 2 aromatic heterocycles. The number of carbonyl (C=O) groups excluding carboxylic acids is 2. The molecular weight excluding hydrogens is 416 g/mol. The van der Waals surface area contributed by atoms with E-state index in [1.165, 1.54) is 15.9 Å². The van der Waals surface area contributed by atoms with Gasteiger partial charge in [0.1, 0.15) is 6.54 Å². The molecule has 1 atom stereocenters. The zero-order chi connectivity index (χ0) is 21.8. The van der Waals surface area contributed by atoms with Gasteiger partial charge in [-0.05, 0) is 36.1 Å². The van der Waals surface area contributed by atoms with E-state index in [0.717, 1.165) is 16.0 Å². The first kappa shape index (κ1) is 20.6. The zero-order valence-electron chi connectivity index (χ0n) is 16.7. The highest BCUT2D eigenvalue weighted by atomic mass is 32.1. The number of para-hydroxylation sites is 2. The zero-order valence-corrected chi connectivity index (χ0v) is 17.6. The van der Waals surface area contributed by atoms with Crippen LogP contribution in [0.5, 0.6) is 0 Å². The topological polar surface area (TPSA) is 90.5 Å². The Balaban J connectivity index is 1.40. The van der Waals surface area contributed by atoms with Crippen LogP contribution < -0.4 is 11.1 Å². The van der Waals surface area contributed by atoms with Gasteiger partial charge in [-0.3, -0.25) is 14.2 Å². The van der Waals surface area contributed by atoms with Gasteiger partial charge in [0.05, 0.1) is 11.6 Å². The van der Waals surface area contributed by atoms with Gasteiger partial charge in [0.2, 0.25) is 0 Å². The third-order valence-electron chi connectivity index (χ3n) is 4.77. The monoisotopic (exact) mass is 436 g/mol. The second-order valence-electron chi connectivity index (χ2n) is 7.01. The fraction of sp³-hybridized carbons (Fsp3) is 0.174. The average Bonchev–Trinajstić information content (AvgIpc) is 3.40. The Morgan fingerprint density at radius 2 is 1.87 bits per heavy atom. The van der Waals surface area contributed by atoms with Crippen LogP contribution in [0.4, 0.5) is 0 Å². The molecule has 2 aromatic carbocycles. The van der Waals surface area contributed by atoms with Crippen molar-refractivity contribution in [2.75, 3.05) is 6.61 Å². The van der Waals surface area contributed by atoms with E-state index in [4.69, 9.17) is 9.15 Å². The second-order valence-corrected chi connectivity index (χ2v) is 7.99. The number of nitrogens with zero attached hydrogens (tertiary/aromatic N) is 1. The van der Waals surface area contributed by atoms with E-state index in [2.05, 4.69) is 5.32 Å². The molecule has 7 nitrogen and oxygen atoms in total. The number of amides is 1. The largest absolute Gasteiger partial charge is 0.454 e. The van der Waals surface area contributed by atoms with Crippen LogP contribution in [0, 0.1) is 6.92 Å². The van der Waals surface area contributed by atoms with E-state index in [1.54, 1.807) is 24.3 Å². The molecule has 8 heteroatoms. The van der Waals surface area contributed by atoms with Crippen molar-refractivity contribution >= 4 is 34.3 Å². The quantitative estimate of drug-likeness (QED) is 0.449. The van der Waals surface area contributed by atoms with Gasteiger partial charge in [0, 0.05) is 4.88 Å². The smallest absolute Gasteiger partial charge is 0.420 e. The summed E-state index contributed by atoms with van der Waals surface area (Å²) in [7, 11) is 0. The van der Waals surface area contributed by atoms with Crippen molar-refractivity contribution in [2.24, 2.45) is 0 Å². The van der Waals surface area contributed by atoms with Gasteiger partial charge >= 0.3 is 11.7 Å². The first-order valence-electron chi connectivity index (χ1n) is 9.64. The predicted octanol–water partition coefficient (Wildman–Crippen LogP) is 3.41. The number of benzene rings is 2. The first-order valence-corrected chi connectivity index (χ1v) is 10.5. The number of thiophene rings is 1. The molecule has 1 amide bonds. The van der Waals surface area contributed by atoms with Crippen LogP contribution in [0.3, 0.4) is 0 Å².